The van der Waals surface area contributed by atoms with Crippen LogP contribution in [0, 0.1) is 0 Å². The lowest BCUT2D eigenvalue weighted by Crippen LogP contribution is -2.35. The van der Waals surface area contributed by atoms with Gasteiger partial charge in [-0.25, -0.2) is 0 Å². The van der Waals surface area contributed by atoms with Crippen molar-refractivity contribution in [2.24, 2.45) is 0 Å². The molecule has 26 heavy (non-hydrogen) atoms. The van der Waals surface area contributed by atoms with Gasteiger partial charge in [0.1, 0.15) is 0 Å². The quantitative estimate of drug-likeness (QED) is 0.774. The van der Waals surface area contributed by atoms with Gasteiger partial charge in [-0.2, -0.15) is 0 Å². The number of amides is 1. The highest BCUT2D eigenvalue weighted by molar-refractivity contribution is 5.71. The molecule has 0 saturated heterocycles. The number of rotatable bonds is 7. The summed E-state index contributed by atoms with van der Waals surface area (Å²) >= 11 is 0. The van der Waals surface area contributed by atoms with Crippen LogP contribution in [0.25, 0.3) is 0 Å². The number of hydrogen-bond acceptors (Lipinski definition) is 4. The number of methoxy groups -OCH3 is 2. The van der Waals surface area contributed by atoms with Gasteiger partial charge >= 0.3 is 0 Å². The molecule has 0 radical (unpaired) electrons. The highest BCUT2D eigenvalue weighted by atomic mass is 16.5. The molecule has 0 fully saturated rings. The summed E-state index contributed by atoms with van der Waals surface area (Å²) in [4.78, 5) is 13.0. The lowest BCUT2D eigenvalue weighted by atomic mass is 9.92. The van der Waals surface area contributed by atoms with Gasteiger partial charge in [-0.1, -0.05) is 12.1 Å². The molecular weight excluding hydrogens is 328 g/mol. The van der Waals surface area contributed by atoms with Gasteiger partial charge in [0, 0.05) is 24.8 Å². The van der Waals surface area contributed by atoms with Crippen molar-refractivity contribution in [1.82, 2.24) is 4.90 Å². The van der Waals surface area contributed by atoms with Crippen molar-refractivity contribution in [3.63, 3.8) is 0 Å². The molecule has 1 heterocycles. The molecule has 5 nitrogen and oxygen atoms in total. The predicted molar refractivity (Wildman–Crippen MR) is 103 cm³/mol. The number of hydrogen-bond donors (Lipinski definition) is 1. The number of anilines is 1. The van der Waals surface area contributed by atoms with Crippen molar-refractivity contribution >= 4 is 12.1 Å². The van der Waals surface area contributed by atoms with E-state index >= 15 is 0 Å². The van der Waals surface area contributed by atoms with E-state index in [-0.39, 0.29) is 0 Å². The zero-order valence-corrected chi connectivity index (χ0v) is 15.6. The molecule has 2 aromatic rings. The van der Waals surface area contributed by atoms with Crippen molar-refractivity contribution in [3.05, 3.63) is 53.1 Å². The largest absolute Gasteiger partial charge is 0.493 e. The predicted octanol–water partition coefficient (Wildman–Crippen LogP) is 3.43. The number of nitrogens with one attached hydrogen (secondary N) is 1. The van der Waals surface area contributed by atoms with Crippen LogP contribution in [0.2, 0.25) is 0 Å². The molecule has 0 aliphatic carbocycles. The Labute approximate surface area is 154 Å². The lowest BCUT2D eigenvalue weighted by molar-refractivity contribution is -0.105. The first-order valence-corrected chi connectivity index (χ1v) is 8.94. The van der Waals surface area contributed by atoms with Crippen LogP contribution in [-0.2, 0) is 17.6 Å². The molecule has 5 heteroatoms. The number of nitrogens with zero attached hydrogens (tertiary/aromatic N) is 1. The Morgan fingerprint density at radius 2 is 1.85 bits per heavy atom. The van der Waals surface area contributed by atoms with E-state index in [1.165, 1.54) is 16.7 Å². The zero-order chi connectivity index (χ0) is 18.5. The van der Waals surface area contributed by atoms with Gasteiger partial charge in [0.25, 0.3) is 0 Å². The van der Waals surface area contributed by atoms with Gasteiger partial charge in [0.15, 0.2) is 11.5 Å². The summed E-state index contributed by atoms with van der Waals surface area (Å²) in [5.41, 5.74) is 4.76. The molecule has 1 aliphatic rings. The van der Waals surface area contributed by atoms with Crippen LogP contribution >= 0.6 is 0 Å². The van der Waals surface area contributed by atoms with Crippen LogP contribution in [-0.4, -0.2) is 38.6 Å². The molecule has 0 aromatic heterocycles. The Hall–Kier alpha value is -2.53. The van der Waals surface area contributed by atoms with E-state index in [9.17, 15) is 4.79 Å². The molecule has 1 amide bonds. The summed E-state index contributed by atoms with van der Waals surface area (Å²) in [6.45, 7) is 4.28. The average Bonchev–Trinajstić information content (AvgIpc) is 2.68. The maximum Gasteiger partial charge on any atom is 0.211 e. The summed E-state index contributed by atoms with van der Waals surface area (Å²) < 4.78 is 10.9. The van der Waals surface area contributed by atoms with E-state index in [4.69, 9.17) is 9.47 Å². The normalized spacial score (nSPS) is 16.7. The molecule has 1 aliphatic heterocycles. The first-order valence-electron chi connectivity index (χ1n) is 8.94. The van der Waals surface area contributed by atoms with Gasteiger partial charge in [-0.05, 0) is 60.7 Å². The van der Waals surface area contributed by atoms with E-state index < -0.39 is 0 Å². The van der Waals surface area contributed by atoms with E-state index in [0.29, 0.717) is 12.5 Å². The van der Waals surface area contributed by atoms with Crippen LogP contribution in [0.5, 0.6) is 11.5 Å². The minimum Gasteiger partial charge on any atom is -0.493 e. The summed E-state index contributed by atoms with van der Waals surface area (Å²) in [7, 11) is 3.36. The second kappa shape index (κ2) is 8.23. The summed E-state index contributed by atoms with van der Waals surface area (Å²) in [5, 5.41) is 2.67. The molecule has 0 saturated carbocycles. The molecule has 1 unspecified atom stereocenters. The Balaban J connectivity index is 1.68. The van der Waals surface area contributed by atoms with Crippen LogP contribution in [0.3, 0.4) is 0 Å². The SMILES string of the molecule is COc1cc2c(cc1OC)C(C)N(CCc1ccc(NC=O)cc1)CC2. The minimum atomic E-state index is 0.342. The Bertz CT molecular complexity index is 759. The first-order chi connectivity index (χ1) is 12.7. The van der Waals surface area contributed by atoms with E-state index in [0.717, 1.165) is 43.1 Å². The maximum absolute atomic E-state index is 10.5. The maximum atomic E-state index is 10.5. The Morgan fingerprint density at radius 1 is 1.15 bits per heavy atom. The number of carbonyl (C=O) groups is 1. The van der Waals surface area contributed by atoms with Gasteiger partial charge < -0.3 is 14.8 Å². The van der Waals surface area contributed by atoms with Crippen molar-refractivity contribution in [2.75, 3.05) is 32.6 Å². The topological polar surface area (TPSA) is 50.8 Å². The van der Waals surface area contributed by atoms with E-state index in [1.807, 2.05) is 12.1 Å². The zero-order valence-electron chi connectivity index (χ0n) is 15.6. The van der Waals surface area contributed by atoms with Crippen LogP contribution in [0.15, 0.2) is 36.4 Å². The smallest absolute Gasteiger partial charge is 0.211 e. The Kier molecular flexibility index (Phi) is 5.78. The molecule has 138 valence electrons. The van der Waals surface area contributed by atoms with Gasteiger partial charge in [-0.15, -0.1) is 0 Å². The first kappa shape index (κ1) is 18.3. The van der Waals surface area contributed by atoms with Crippen molar-refractivity contribution in [1.29, 1.82) is 0 Å². The second-order valence-corrected chi connectivity index (χ2v) is 6.58. The molecule has 0 bridgehead atoms. The summed E-state index contributed by atoms with van der Waals surface area (Å²) in [6, 6.07) is 12.6. The van der Waals surface area contributed by atoms with E-state index in [1.54, 1.807) is 14.2 Å². The Morgan fingerprint density at radius 3 is 2.50 bits per heavy atom. The third-order valence-electron chi connectivity index (χ3n) is 5.18. The monoisotopic (exact) mass is 354 g/mol. The van der Waals surface area contributed by atoms with Crippen molar-refractivity contribution < 1.29 is 14.3 Å². The fourth-order valence-electron chi connectivity index (χ4n) is 3.61. The summed E-state index contributed by atoms with van der Waals surface area (Å²) in [5.74, 6) is 1.59. The molecule has 1 atom stereocenters. The third-order valence-corrected chi connectivity index (χ3v) is 5.18. The standard InChI is InChI=1S/C21H26N2O3/c1-15-19-13-21(26-3)20(25-2)12-17(19)9-11-23(15)10-8-16-4-6-18(7-5-16)22-14-24/h4-7,12-15H,8-11H2,1-3H3,(H,22,24). The van der Waals surface area contributed by atoms with Gasteiger partial charge in [0.05, 0.1) is 14.2 Å². The molecule has 1 N–H and O–H groups in total. The highest BCUT2D eigenvalue weighted by Crippen LogP contribution is 2.37. The van der Waals surface area contributed by atoms with E-state index in [2.05, 4.69) is 41.4 Å². The fourth-order valence-corrected chi connectivity index (χ4v) is 3.61. The number of fused-ring (bicyclic) bond motifs is 1. The van der Waals surface area contributed by atoms with Gasteiger partial charge in [-0.3, -0.25) is 9.69 Å². The van der Waals surface area contributed by atoms with Crippen LogP contribution in [0.4, 0.5) is 5.69 Å². The summed E-state index contributed by atoms with van der Waals surface area (Å²) in [6.07, 6.45) is 2.70. The molecule has 3 rings (SSSR count). The number of ether oxygens (including phenoxy) is 2. The minimum absolute atomic E-state index is 0.342. The highest BCUT2D eigenvalue weighted by Gasteiger charge is 2.25. The average molecular weight is 354 g/mol. The van der Waals surface area contributed by atoms with Crippen LogP contribution < -0.4 is 14.8 Å². The molecular formula is C21H26N2O3. The number of carbonyl (C=O) groups excluding carboxylic acids is 1. The van der Waals surface area contributed by atoms with Gasteiger partial charge in [0.2, 0.25) is 6.41 Å². The number of benzene rings is 2. The third kappa shape index (κ3) is 3.83. The second-order valence-electron chi connectivity index (χ2n) is 6.58. The molecule has 2 aromatic carbocycles. The fraction of sp³-hybridized carbons (Fsp3) is 0.381. The lowest BCUT2D eigenvalue weighted by Gasteiger charge is -2.35. The molecule has 0 spiro atoms. The van der Waals surface area contributed by atoms with Crippen LogP contribution in [0.1, 0.15) is 29.7 Å². The van der Waals surface area contributed by atoms with Crippen molar-refractivity contribution in [3.8, 4) is 11.5 Å². The van der Waals surface area contributed by atoms with Crippen molar-refractivity contribution in [2.45, 2.75) is 25.8 Å².